The molecule has 1 aliphatic carbocycles. The molecule has 2 aromatic heterocycles. The van der Waals surface area contributed by atoms with Crippen LogP contribution in [-0.4, -0.2) is 57.6 Å². The number of aryl methyl sites for hydroxylation is 1. The lowest BCUT2D eigenvalue weighted by Crippen LogP contribution is -2.34. The number of carbonyl (C=O) groups is 1. The lowest BCUT2D eigenvalue weighted by molar-refractivity contribution is -0.121. The van der Waals surface area contributed by atoms with E-state index in [2.05, 4.69) is 25.4 Å². The molecular formula is C21H29F2N5O2S2. The molecule has 0 saturated heterocycles. The molecule has 4 rings (SSSR count). The van der Waals surface area contributed by atoms with Crippen molar-refractivity contribution in [3.63, 3.8) is 0 Å². The molecule has 7 nitrogen and oxygen atoms in total. The maximum absolute atomic E-state index is 13.0. The topological polar surface area (TPSA) is 80.2 Å². The molecule has 0 unspecified atom stereocenters. The van der Waals surface area contributed by atoms with Crippen LogP contribution in [0.15, 0.2) is 0 Å². The molecule has 0 radical (unpaired) electrons. The number of carbonyl (C=O) groups excluding carboxylic acids is 1. The van der Waals surface area contributed by atoms with Gasteiger partial charge < -0.3 is 10.1 Å². The fourth-order valence-corrected chi connectivity index (χ4v) is 5.94. The molecular weight excluding hydrogens is 456 g/mol. The Kier molecular flexibility index (Phi) is 7.36. The van der Waals surface area contributed by atoms with Crippen LogP contribution in [0.1, 0.15) is 53.2 Å². The molecule has 1 amide bonds. The largest absolute Gasteiger partial charge is 0.464 e. The molecule has 1 saturated carbocycles. The molecule has 2 atom stereocenters. The van der Waals surface area contributed by atoms with Gasteiger partial charge in [0.2, 0.25) is 5.91 Å². The van der Waals surface area contributed by atoms with Gasteiger partial charge in [-0.05, 0) is 51.5 Å². The van der Waals surface area contributed by atoms with Crippen LogP contribution in [0.3, 0.4) is 0 Å². The lowest BCUT2D eigenvalue weighted by Gasteiger charge is -2.26. The molecule has 2 aromatic rings. The zero-order valence-corrected chi connectivity index (χ0v) is 20.0. The second kappa shape index (κ2) is 10.0. The number of nitrogens with zero attached hydrogens (tertiary/aromatic N) is 4. The first-order chi connectivity index (χ1) is 15.2. The monoisotopic (exact) mass is 485 g/mol. The van der Waals surface area contributed by atoms with Crippen molar-refractivity contribution < 1.29 is 18.3 Å². The van der Waals surface area contributed by atoms with Crippen LogP contribution in [0.5, 0.6) is 5.19 Å². The predicted molar refractivity (Wildman–Crippen MR) is 119 cm³/mol. The maximum atomic E-state index is 13.0. The molecule has 32 heavy (non-hydrogen) atoms. The highest BCUT2D eigenvalue weighted by Gasteiger charge is 2.28. The average molecular weight is 486 g/mol. The fourth-order valence-electron chi connectivity index (χ4n) is 4.33. The van der Waals surface area contributed by atoms with Crippen LogP contribution >= 0.6 is 22.7 Å². The van der Waals surface area contributed by atoms with E-state index in [1.54, 1.807) is 0 Å². The average Bonchev–Trinajstić information content (AvgIpc) is 3.43. The summed E-state index contributed by atoms with van der Waals surface area (Å²) >= 11 is 2.85. The molecule has 11 heteroatoms. The molecule has 2 aliphatic rings. The Balaban J connectivity index is 1.17. The summed E-state index contributed by atoms with van der Waals surface area (Å²) in [5, 5.41) is 13.1. The van der Waals surface area contributed by atoms with E-state index < -0.39 is 12.5 Å². The molecule has 0 bridgehead atoms. The van der Waals surface area contributed by atoms with E-state index in [1.165, 1.54) is 22.7 Å². The Morgan fingerprint density at radius 1 is 1.31 bits per heavy atom. The second-order valence-corrected chi connectivity index (χ2v) is 11.2. The Morgan fingerprint density at radius 2 is 2.16 bits per heavy atom. The van der Waals surface area contributed by atoms with E-state index in [1.807, 2.05) is 6.92 Å². The molecule has 1 N–H and O–H groups in total. The first kappa shape index (κ1) is 23.4. The van der Waals surface area contributed by atoms with E-state index in [-0.39, 0.29) is 11.9 Å². The Morgan fingerprint density at radius 3 is 2.91 bits per heavy atom. The summed E-state index contributed by atoms with van der Waals surface area (Å²) in [6.45, 7) is 4.77. The third-order valence-electron chi connectivity index (χ3n) is 5.88. The minimum Gasteiger partial charge on any atom is -0.464 e. The number of hydrogen-bond donors (Lipinski definition) is 1. The SMILES string of the molecule is Cc1nnc(CC(=O)N[C@@H]2CC[C@H](CCN3CCc4sc(OCC(C)(F)F)nc4C3)C2)s1. The Bertz CT molecular complexity index is 930. The van der Waals surface area contributed by atoms with Crippen molar-refractivity contribution in [2.24, 2.45) is 5.92 Å². The van der Waals surface area contributed by atoms with Gasteiger partial charge in [0.1, 0.15) is 10.0 Å². The van der Waals surface area contributed by atoms with Crippen molar-refractivity contribution >= 4 is 28.6 Å². The minimum absolute atomic E-state index is 0.0257. The smallest absolute Gasteiger partial charge is 0.278 e. The third-order valence-corrected chi connectivity index (χ3v) is 7.78. The van der Waals surface area contributed by atoms with Crippen LogP contribution in [0.25, 0.3) is 0 Å². The van der Waals surface area contributed by atoms with E-state index >= 15 is 0 Å². The number of rotatable bonds is 9. The van der Waals surface area contributed by atoms with Gasteiger partial charge in [0, 0.05) is 30.9 Å². The van der Waals surface area contributed by atoms with Crippen LogP contribution < -0.4 is 10.1 Å². The summed E-state index contributed by atoms with van der Waals surface area (Å²) in [4.78, 5) is 20.2. The number of nitrogens with one attached hydrogen (secondary N) is 1. The van der Waals surface area contributed by atoms with Gasteiger partial charge in [0.15, 0.2) is 6.61 Å². The standard InChI is InChI=1S/C21H29F2N5O2S2/c1-13-26-27-19(31-13)10-18(29)24-15-4-3-14(9-15)5-7-28-8-6-17-16(11-28)25-20(32-17)30-12-21(2,22)23/h14-15H,3-12H2,1-2H3,(H,24,29)/t14-,15-/m1/s1. The van der Waals surface area contributed by atoms with Crippen molar-refractivity contribution in [2.75, 3.05) is 19.7 Å². The highest BCUT2D eigenvalue weighted by molar-refractivity contribution is 7.13. The van der Waals surface area contributed by atoms with E-state index in [9.17, 15) is 13.6 Å². The van der Waals surface area contributed by atoms with Crippen LogP contribution in [0, 0.1) is 12.8 Å². The van der Waals surface area contributed by atoms with Gasteiger partial charge in [-0.15, -0.1) is 21.5 Å². The number of ether oxygens (including phenoxy) is 1. The van der Waals surface area contributed by atoms with Gasteiger partial charge in [0.05, 0.1) is 12.1 Å². The molecule has 1 aliphatic heterocycles. The number of fused-ring (bicyclic) bond motifs is 1. The van der Waals surface area contributed by atoms with Gasteiger partial charge >= 0.3 is 0 Å². The molecule has 1 fully saturated rings. The van der Waals surface area contributed by atoms with E-state index in [0.29, 0.717) is 17.5 Å². The number of alkyl halides is 2. The third kappa shape index (κ3) is 6.64. The second-order valence-electron chi connectivity index (χ2n) is 8.86. The van der Waals surface area contributed by atoms with Gasteiger partial charge in [-0.2, -0.15) is 0 Å². The number of hydrogen-bond acceptors (Lipinski definition) is 8. The van der Waals surface area contributed by atoms with Crippen LogP contribution in [-0.2, 0) is 24.2 Å². The maximum Gasteiger partial charge on any atom is 0.278 e. The highest BCUT2D eigenvalue weighted by atomic mass is 32.1. The normalized spacial score (nSPS) is 21.5. The summed E-state index contributed by atoms with van der Waals surface area (Å²) in [5.41, 5.74) is 0.958. The fraction of sp³-hybridized carbons (Fsp3) is 0.714. The zero-order valence-electron chi connectivity index (χ0n) is 18.4. The Hall–Kier alpha value is -1.72. The number of thiazole rings is 1. The number of halogens is 2. The minimum atomic E-state index is -2.85. The van der Waals surface area contributed by atoms with Crippen molar-refractivity contribution in [3.8, 4) is 5.19 Å². The van der Waals surface area contributed by atoms with Crippen LogP contribution in [0.2, 0.25) is 0 Å². The summed E-state index contributed by atoms with van der Waals surface area (Å²) in [7, 11) is 0. The van der Waals surface area contributed by atoms with Crippen molar-refractivity contribution in [1.29, 1.82) is 0 Å². The molecule has 0 aromatic carbocycles. The summed E-state index contributed by atoms with van der Waals surface area (Å²) in [6, 6.07) is 0.240. The quantitative estimate of drug-likeness (QED) is 0.585. The van der Waals surface area contributed by atoms with E-state index in [4.69, 9.17) is 4.74 Å². The van der Waals surface area contributed by atoms with Crippen molar-refractivity contribution in [1.82, 2.24) is 25.4 Å². The molecule has 3 heterocycles. The van der Waals surface area contributed by atoms with E-state index in [0.717, 1.165) is 79.2 Å². The van der Waals surface area contributed by atoms with Gasteiger partial charge in [0.25, 0.3) is 11.1 Å². The predicted octanol–water partition coefficient (Wildman–Crippen LogP) is 3.61. The first-order valence-corrected chi connectivity index (χ1v) is 12.7. The highest BCUT2D eigenvalue weighted by Crippen LogP contribution is 2.32. The zero-order chi connectivity index (χ0) is 22.7. The number of aromatic nitrogens is 3. The molecule has 0 spiro atoms. The Labute approximate surface area is 194 Å². The van der Waals surface area contributed by atoms with Crippen LogP contribution in [0.4, 0.5) is 8.78 Å². The number of amides is 1. The van der Waals surface area contributed by atoms with Crippen molar-refractivity contribution in [3.05, 3.63) is 20.6 Å². The summed E-state index contributed by atoms with van der Waals surface area (Å²) in [6.07, 6.45) is 5.44. The first-order valence-electron chi connectivity index (χ1n) is 11.0. The van der Waals surface area contributed by atoms with Crippen molar-refractivity contribution in [2.45, 2.75) is 70.9 Å². The van der Waals surface area contributed by atoms with Gasteiger partial charge in [-0.3, -0.25) is 9.69 Å². The lowest BCUT2D eigenvalue weighted by atomic mass is 10.0. The summed E-state index contributed by atoms with van der Waals surface area (Å²) in [5.74, 6) is -2.22. The van der Waals surface area contributed by atoms with Gasteiger partial charge in [-0.1, -0.05) is 11.3 Å². The molecule has 176 valence electrons. The van der Waals surface area contributed by atoms with Gasteiger partial charge in [-0.25, -0.2) is 13.8 Å². The summed E-state index contributed by atoms with van der Waals surface area (Å²) < 4.78 is 31.2.